The van der Waals surface area contributed by atoms with E-state index in [4.69, 9.17) is 0 Å². The van der Waals surface area contributed by atoms with Gasteiger partial charge >= 0.3 is 0 Å². The molecule has 16 heavy (non-hydrogen) atoms. The molecular weight excluding hydrogens is 262 g/mol. The Bertz CT molecular complexity index is 183. The predicted octanol–water partition coefficient (Wildman–Crippen LogP) is 4.17. The SMILES string of the molecule is CCC(CC)(CBr)CN1CC(C)CC(C)C1. The largest absolute Gasteiger partial charge is 0.302 e. The van der Waals surface area contributed by atoms with Crippen LogP contribution in [0.3, 0.4) is 0 Å². The predicted molar refractivity (Wildman–Crippen MR) is 76.2 cm³/mol. The molecule has 0 aromatic heterocycles. The maximum atomic E-state index is 3.72. The highest BCUT2D eigenvalue weighted by Gasteiger charge is 2.30. The van der Waals surface area contributed by atoms with Gasteiger partial charge in [0.15, 0.2) is 0 Å². The Kier molecular flexibility index (Phi) is 5.79. The van der Waals surface area contributed by atoms with Crippen LogP contribution < -0.4 is 0 Å². The summed E-state index contributed by atoms with van der Waals surface area (Å²) in [4.78, 5) is 2.70. The van der Waals surface area contributed by atoms with Gasteiger partial charge in [-0.15, -0.1) is 0 Å². The van der Waals surface area contributed by atoms with Gasteiger partial charge in [0, 0.05) is 25.0 Å². The van der Waals surface area contributed by atoms with Crippen molar-refractivity contribution in [1.29, 1.82) is 0 Å². The lowest BCUT2D eigenvalue weighted by molar-refractivity contribution is 0.0879. The topological polar surface area (TPSA) is 3.24 Å². The normalized spacial score (nSPS) is 28.3. The Morgan fingerprint density at radius 2 is 1.62 bits per heavy atom. The standard InChI is InChI=1S/C14H28BrN/c1-5-14(6-2,10-15)11-16-8-12(3)7-13(4)9-16/h12-13H,5-11H2,1-4H3. The van der Waals surface area contributed by atoms with Crippen LogP contribution in [0.25, 0.3) is 0 Å². The van der Waals surface area contributed by atoms with Crippen LogP contribution in [-0.4, -0.2) is 29.9 Å². The third-order valence-corrected chi connectivity index (χ3v) is 5.48. The van der Waals surface area contributed by atoms with Gasteiger partial charge in [0.1, 0.15) is 0 Å². The molecule has 2 heteroatoms. The first-order valence-electron chi connectivity index (χ1n) is 6.83. The average Bonchev–Trinajstić information content (AvgIpc) is 2.25. The Labute approximate surface area is 110 Å². The van der Waals surface area contributed by atoms with Crippen LogP contribution in [0.2, 0.25) is 0 Å². The lowest BCUT2D eigenvalue weighted by Gasteiger charge is -2.41. The van der Waals surface area contributed by atoms with Gasteiger partial charge in [-0.25, -0.2) is 0 Å². The molecule has 0 saturated carbocycles. The minimum Gasteiger partial charge on any atom is -0.302 e. The monoisotopic (exact) mass is 289 g/mol. The van der Waals surface area contributed by atoms with Crippen molar-refractivity contribution in [3.8, 4) is 0 Å². The van der Waals surface area contributed by atoms with E-state index < -0.39 is 0 Å². The van der Waals surface area contributed by atoms with Crippen molar-refractivity contribution < 1.29 is 0 Å². The Hall–Kier alpha value is 0.440. The maximum absolute atomic E-state index is 3.72. The summed E-state index contributed by atoms with van der Waals surface area (Å²) in [5, 5.41) is 1.15. The molecule has 1 saturated heterocycles. The van der Waals surface area contributed by atoms with E-state index in [0.29, 0.717) is 5.41 Å². The minimum absolute atomic E-state index is 0.497. The summed E-state index contributed by atoms with van der Waals surface area (Å²) in [5.74, 6) is 1.76. The summed E-state index contributed by atoms with van der Waals surface area (Å²) >= 11 is 3.72. The van der Waals surface area contributed by atoms with E-state index in [1.807, 2.05) is 0 Å². The van der Waals surface area contributed by atoms with Crippen LogP contribution in [0.15, 0.2) is 0 Å². The number of rotatable bonds is 5. The van der Waals surface area contributed by atoms with Crippen molar-refractivity contribution in [1.82, 2.24) is 4.90 Å². The molecule has 1 aliphatic rings. The summed E-state index contributed by atoms with van der Waals surface area (Å²) in [6, 6.07) is 0. The van der Waals surface area contributed by atoms with E-state index >= 15 is 0 Å². The second-order valence-corrected chi connectivity index (χ2v) is 6.54. The molecule has 1 nitrogen and oxygen atoms in total. The molecule has 1 heterocycles. The highest BCUT2D eigenvalue weighted by atomic mass is 79.9. The number of hydrogen-bond acceptors (Lipinski definition) is 1. The second kappa shape index (κ2) is 6.39. The van der Waals surface area contributed by atoms with E-state index in [1.54, 1.807) is 0 Å². The van der Waals surface area contributed by atoms with Gasteiger partial charge in [0.2, 0.25) is 0 Å². The Balaban J connectivity index is 2.57. The van der Waals surface area contributed by atoms with E-state index in [1.165, 1.54) is 38.9 Å². The summed E-state index contributed by atoms with van der Waals surface area (Å²) in [5.41, 5.74) is 0.497. The third kappa shape index (κ3) is 3.73. The van der Waals surface area contributed by atoms with Gasteiger partial charge in [-0.1, -0.05) is 43.6 Å². The molecule has 2 atom stereocenters. The van der Waals surface area contributed by atoms with Gasteiger partial charge < -0.3 is 4.90 Å². The molecule has 0 aliphatic carbocycles. The molecule has 1 aliphatic heterocycles. The third-order valence-electron chi connectivity index (χ3n) is 4.29. The molecule has 96 valence electrons. The van der Waals surface area contributed by atoms with E-state index in [9.17, 15) is 0 Å². The quantitative estimate of drug-likeness (QED) is 0.687. The summed E-state index contributed by atoms with van der Waals surface area (Å²) in [6.07, 6.45) is 3.98. The van der Waals surface area contributed by atoms with Crippen molar-refractivity contribution in [2.45, 2.75) is 47.0 Å². The molecular formula is C14H28BrN. The lowest BCUT2D eigenvalue weighted by atomic mass is 9.82. The van der Waals surface area contributed by atoms with Gasteiger partial charge in [-0.2, -0.15) is 0 Å². The second-order valence-electron chi connectivity index (χ2n) is 5.98. The number of alkyl halides is 1. The zero-order valence-corrected chi connectivity index (χ0v) is 13.0. The molecule has 0 amide bonds. The van der Waals surface area contributed by atoms with Crippen molar-refractivity contribution in [3.05, 3.63) is 0 Å². The first kappa shape index (κ1) is 14.5. The van der Waals surface area contributed by atoms with E-state index in [-0.39, 0.29) is 0 Å². The fourth-order valence-corrected chi connectivity index (χ4v) is 4.07. The highest BCUT2D eigenvalue weighted by molar-refractivity contribution is 9.09. The van der Waals surface area contributed by atoms with Gasteiger partial charge in [-0.3, -0.25) is 0 Å². The zero-order valence-electron chi connectivity index (χ0n) is 11.4. The van der Waals surface area contributed by atoms with Crippen LogP contribution in [0.4, 0.5) is 0 Å². The van der Waals surface area contributed by atoms with Gasteiger partial charge in [-0.05, 0) is 36.5 Å². The zero-order chi connectivity index (χ0) is 12.2. The Morgan fingerprint density at radius 1 is 1.12 bits per heavy atom. The number of hydrogen-bond donors (Lipinski definition) is 0. The first-order chi connectivity index (χ1) is 7.55. The van der Waals surface area contributed by atoms with Gasteiger partial charge in [0.25, 0.3) is 0 Å². The van der Waals surface area contributed by atoms with Crippen LogP contribution in [0.5, 0.6) is 0 Å². The summed E-state index contributed by atoms with van der Waals surface area (Å²) in [6.45, 7) is 13.4. The lowest BCUT2D eigenvalue weighted by Crippen LogP contribution is -2.45. The maximum Gasteiger partial charge on any atom is 0.01000 e. The van der Waals surface area contributed by atoms with Crippen molar-refractivity contribution in [3.63, 3.8) is 0 Å². The molecule has 0 aromatic carbocycles. The van der Waals surface area contributed by atoms with E-state index in [0.717, 1.165) is 17.2 Å². The van der Waals surface area contributed by atoms with Crippen LogP contribution in [0, 0.1) is 17.3 Å². The molecule has 0 bridgehead atoms. The fourth-order valence-electron chi connectivity index (χ4n) is 3.10. The Morgan fingerprint density at radius 3 is 2.00 bits per heavy atom. The van der Waals surface area contributed by atoms with Crippen molar-refractivity contribution >= 4 is 15.9 Å². The number of likely N-dealkylation sites (tertiary alicyclic amines) is 1. The number of piperidine rings is 1. The molecule has 1 fully saturated rings. The molecule has 0 spiro atoms. The minimum atomic E-state index is 0.497. The molecule has 1 rings (SSSR count). The fraction of sp³-hybridized carbons (Fsp3) is 1.00. The number of halogens is 1. The molecule has 0 N–H and O–H groups in total. The highest BCUT2D eigenvalue weighted by Crippen LogP contribution is 2.32. The van der Waals surface area contributed by atoms with Crippen LogP contribution in [-0.2, 0) is 0 Å². The van der Waals surface area contributed by atoms with Crippen molar-refractivity contribution in [2.75, 3.05) is 25.0 Å². The summed E-state index contributed by atoms with van der Waals surface area (Å²) < 4.78 is 0. The first-order valence-corrected chi connectivity index (χ1v) is 7.95. The van der Waals surface area contributed by atoms with Crippen LogP contribution >= 0.6 is 15.9 Å². The molecule has 0 radical (unpaired) electrons. The van der Waals surface area contributed by atoms with E-state index in [2.05, 4.69) is 48.5 Å². The smallest absolute Gasteiger partial charge is 0.01000 e. The van der Waals surface area contributed by atoms with Gasteiger partial charge in [0.05, 0.1) is 0 Å². The van der Waals surface area contributed by atoms with Crippen molar-refractivity contribution in [2.24, 2.45) is 17.3 Å². The number of nitrogens with zero attached hydrogens (tertiary/aromatic N) is 1. The molecule has 0 aromatic rings. The average molecular weight is 290 g/mol. The molecule has 2 unspecified atom stereocenters. The summed E-state index contributed by atoms with van der Waals surface area (Å²) in [7, 11) is 0. The van der Waals surface area contributed by atoms with Crippen LogP contribution in [0.1, 0.15) is 47.0 Å².